The van der Waals surface area contributed by atoms with Gasteiger partial charge in [0.2, 0.25) is 5.91 Å². The Bertz CT molecular complexity index is 205. The third kappa shape index (κ3) is 4.62. The molecule has 0 bridgehead atoms. The summed E-state index contributed by atoms with van der Waals surface area (Å²) >= 11 is 0. The summed E-state index contributed by atoms with van der Waals surface area (Å²) in [6.45, 7) is 4.31. The van der Waals surface area contributed by atoms with Gasteiger partial charge >= 0.3 is 0 Å². The Hall–Kier alpha value is -0.610. The van der Waals surface area contributed by atoms with E-state index < -0.39 is 0 Å². The van der Waals surface area contributed by atoms with Crippen LogP contribution in [-0.4, -0.2) is 43.7 Å². The number of nitrogens with zero attached hydrogens (tertiary/aromatic N) is 1. The van der Waals surface area contributed by atoms with Crippen molar-refractivity contribution in [2.45, 2.75) is 32.2 Å². The van der Waals surface area contributed by atoms with Gasteiger partial charge in [0.25, 0.3) is 0 Å². The van der Waals surface area contributed by atoms with Crippen LogP contribution in [-0.2, 0) is 9.53 Å². The van der Waals surface area contributed by atoms with E-state index in [0.29, 0.717) is 6.61 Å². The second kappa shape index (κ2) is 6.08. The van der Waals surface area contributed by atoms with Gasteiger partial charge in [-0.05, 0) is 32.2 Å². The van der Waals surface area contributed by atoms with E-state index in [0.717, 1.165) is 25.5 Å². The molecule has 0 spiro atoms. The summed E-state index contributed by atoms with van der Waals surface area (Å²) in [5.74, 6) is 0.551. The van der Waals surface area contributed by atoms with Crippen molar-refractivity contribution in [1.29, 1.82) is 0 Å². The number of amides is 1. The van der Waals surface area contributed by atoms with Crippen LogP contribution in [0.2, 0.25) is 0 Å². The van der Waals surface area contributed by atoms with Crippen LogP contribution < -0.4 is 5.73 Å². The second-order valence-electron chi connectivity index (χ2n) is 4.33. The van der Waals surface area contributed by atoms with Gasteiger partial charge in [0.1, 0.15) is 0 Å². The Morgan fingerprint density at radius 2 is 2.27 bits per heavy atom. The van der Waals surface area contributed by atoms with Crippen LogP contribution in [0.1, 0.15) is 26.2 Å². The summed E-state index contributed by atoms with van der Waals surface area (Å²) in [6, 6.07) is -0.158. The number of carbonyl (C=O) groups is 1. The van der Waals surface area contributed by atoms with E-state index in [2.05, 4.69) is 0 Å². The maximum absolute atomic E-state index is 11.1. The first-order valence-electron chi connectivity index (χ1n) is 5.72. The number of hydrogen-bond acceptors (Lipinski definition) is 3. The standard InChI is InChI=1S/C11H22N2O2/c1-3-10(11(12)14)13(2)6-7-15-8-9-4-5-9/h9-10H,3-8H2,1-2H3,(H2,12,14). The predicted octanol–water partition coefficient (Wildman–Crippen LogP) is 0.609. The van der Waals surface area contributed by atoms with Gasteiger partial charge in [0.15, 0.2) is 0 Å². The fraction of sp³-hybridized carbons (Fsp3) is 0.909. The largest absolute Gasteiger partial charge is 0.380 e. The van der Waals surface area contributed by atoms with Gasteiger partial charge in [-0.15, -0.1) is 0 Å². The molecule has 2 N–H and O–H groups in total. The zero-order valence-corrected chi connectivity index (χ0v) is 9.74. The lowest BCUT2D eigenvalue weighted by Gasteiger charge is -2.23. The normalized spacial score (nSPS) is 18.1. The molecule has 0 aromatic carbocycles. The Kier molecular flexibility index (Phi) is 5.05. The van der Waals surface area contributed by atoms with E-state index in [4.69, 9.17) is 10.5 Å². The Morgan fingerprint density at radius 1 is 1.60 bits per heavy atom. The number of ether oxygens (including phenoxy) is 1. The predicted molar refractivity (Wildman–Crippen MR) is 59.4 cm³/mol. The zero-order chi connectivity index (χ0) is 11.3. The number of rotatable bonds is 8. The van der Waals surface area contributed by atoms with E-state index in [1.807, 2.05) is 18.9 Å². The molecular weight excluding hydrogens is 192 g/mol. The summed E-state index contributed by atoms with van der Waals surface area (Å²) in [7, 11) is 1.92. The number of hydrogen-bond donors (Lipinski definition) is 1. The molecule has 0 aromatic rings. The highest BCUT2D eigenvalue weighted by Crippen LogP contribution is 2.28. The van der Waals surface area contributed by atoms with Crippen molar-refractivity contribution in [2.75, 3.05) is 26.8 Å². The smallest absolute Gasteiger partial charge is 0.234 e. The molecule has 1 rings (SSSR count). The van der Waals surface area contributed by atoms with Crippen molar-refractivity contribution in [1.82, 2.24) is 4.90 Å². The molecule has 1 saturated carbocycles. The van der Waals surface area contributed by atoms with Gasteiger partial charge in [-0.2, -0.15) is 0 Å². The quantitative estimate of drug-likeness (QED) is 0.602. The fourth-order valence-corrected chi connectivity index (χ4v) is 1.63. The van der Waals surface area contributed by atoms with Crippen molar-refractivity contribution in [2.24, 2.45) is 11.7 Å². The molecule has 88 valence electrons. The maximum Gasteiger partial charge on any atom is 0.234 e. The molecule has 0 aliphatic heterocycles. The zero-order valence-electron chi connectivity index (χ0n) is 9.74. The van der Waals surface area contributed by atoms with Crippen LogP contribution in [0.15, 0.2) is 0 Å². The van der Waals surface area contributed by atoms with Crippen LogP contribution in [0.25, 0.3) is 0 Å². The molecule has 15 heavy (non-hydrogen) atoms. The molecule has 4 nitrogen and oxygen atoms in total. The highest BCUT2D eigenvalue weighted by Gasteiger charge is 2.22. The average Bonchev–Trinajstić information content (AvgIpc) is 2.96. The van der Waals surface area contributed by atoms with E-state index in [1.165, 1.54) is 12.8 Å². The van der Waals surface area contributed by atoms with Crippen LogP contribution in [0.5, 0.6) is 0 Å². The van der Waals surface area contributed by atoms with Gasteiger partial charge in [0, 0.05) is 13.2 Å². The summed E-state index contributed by atoms with van der Waals surface area (Å²) in [6.07, 6.45) is 3.39. The second-order valence-corrected chi connectivity index (χ2v) is 4.33. The number of primary amides is 1. The number of likely N-dealkylation sites (N-methyl/N-ethyl adjacent to an activating group) is 1. The van der Waals surface area contributed by atoms with Crippen molar-refractivity contribution in [3.8, 4) is 0 Å². The minimum absolute atomic E-state index is 0.158. The molecule has 1 fully saturated rings. The lowest BCUT2D eigenvalue weighted by atomic mass is 10.2. The Balaban J connectivity index is 2.09. The van der Waals surface area contributed by atoms with Crippen molar-refractivity contribution in [3.05, 3.63) is 0 Å². The van der Waals surface area contributed by atoms with Crippen molar-refractivity contribution >= 4 is 5.91 Å². The Morgan fingerprint density at radius 3 is 2.73 bits per heavy atom. The van der Waals surface area contributed by atoms with Crippen LogP contribution in [0.3, 0.4) is 0 Å². The third-order valence-corrected chi connectivity index (χ3v) is 2.89. The van der Waals surface area contributed by atoms with E-state index in [-0.39, 0.29) is 11.9 Å². The maximum atomic E-state index is 11.1. The minimum Gasteiger partial charge on any atom is -0.380 e. The van der Waals surface area contributed by atoms with E-state index >= 15 is 0 Å². The lowest BCUT2D eigenvalue weighted by molar-refractivity contribution is -0.123. The first kappa shape index (κ1) is 12.5. The molecule has 1 unspecified atom stereocenters. The first-order valence-corrected chi connectivity index (χ1v) is 5.72. The monoisotopic (exact) mass is 214 g/mol. The van der Waals surface area contributed by atoms with E-state index in [1.54, 1.807) is 0 Å². The summed E-state index contributed by atoms with van der Waals surface area (Å²) in [5, 5.41) is 0. The Labute approximate surface area is 91.8 Å². The fourth-order valence-electron chi connectivity index (χ4n) is 1.63. The van der Waals surface area contributed by atoms with E-state index in [9.17, 15) is 4.79 Å². The lowest BCUT2D eigenvalue weighted by Crippen LogP contribution is -2.43. The van der Waals surface area contributed by atoms with Gasteiger partial charge in [-0.3, -0.25) is 9.69 Å². The third-order valence-electron chi connectivity index (χ3n) is 2.89. The summed E-state index contributed by atoms with van der Waals surface area (Å²) in [5.41, 5.74) is 5.29. The molecule has 1 atom stereocenters. The SMILES string of the molecule is CCC(C(N)=O)N(C)CCOCC1CC1. The highest BCUT2D eigenvalue weighted by molar-refractivity contribution is 5.79. The molecule has 1 aliphatic rings. The molecule has 1 amide bonds. The number of nitrogens with two attached hydrogens (primary N) is 1. The molecule has 0 heterocycles. The van der Waals surface area contributed by atoms with Gasteiger partial charge in [0.05, 0.1) is 12.6 Å². The summed E-state index contributed by atoms with van der Waals surface area (Å²) in [4.78, 5) is 13.0. The van der Waals surface area contributed by atoms with Crippen LogP contribution in [0.4, 0.5) is 0 Å². The van der Waals surface area contributed by atoms with Crippen LogP contribution in [0, 0.1) is 5.92 Å². The molecule has 0 saturated heterocycles. The van der Waals surface area contributed by atoms with Crippen LogP contribution >= 0.6 is 0 Å². The average molecular weight is 214 g/mol. The number of carbonyl (C=O) groups excluding carboxylic acids is 1. The molecule has 4 heteroatoms. The topological polar surface area (TPSA) is 55.6 Å². The van der Waals surface area contributed by atoms with Gasteiger partial charge in [-0.25, -0.2) is 0 Å². The van der Waals surface area contributed by atoms with Crippen molar-refractivity contribution < 1.29 is 9.53 Å². The van der Waals surface area contributed by atoms with Gasteiger partial charge in [-0.1, -0.05) is 6.92 Å². The van der Waals surface area contributed by atoms with Crippen molar-refractivity contribution in [3.63, 3.8) is 0 Å². The summed E-state index contributed by atoms with van der Waals surface area (Å²) < 4.78 is 5.51. The molecule has 1 aliphatic carbocycles. The molecule has 0 aromatic heterocycles. The molecular formula is C11H22N2O2. The first-order chi connectivity index (χ1) is 7.15. The molecule has 0 radical (unpaired) electrons. The minimum atomic E-state index is -0.248. The van der Waals surface area contributed by atoms with Gasteiger partial charge < -0.3 is 10.5 Å². The highest BCUT2D eigenvalue weighted by atomic mass is 16.5.